The Labute approximate surface area is 239 Å². The highest BCUT2D eigenvalue weighted by Gasteiger charge is 2.24. The summed E-state index contributed by atoms with van der Waals surface area (Å²) in [6.07, 6.45) is 3.42. The van der Waals surface area contributed by atoms with E-state index >= 15 is 0 Å². The zero-order chi connectivity index (χ0) is 28.4. The van der Waals surface area contributed by atoms with Gasteiger partial charge in [0.15, 0.2) is 6.61 Å². The molecule has 0 aliphatic carbocycles. The summed E-state index contributed by atoms with van der Waals surface area (Å²) < 4.78 is 11.1. The van der Waals surface area contributed by atoms with E-state index in [1.807, 2.05) is 60.7 Å². The molecule has 5 rings (SSSR count). The fraction of sp³-hybridized carbons (Fsp3) is 0.219. The lowest BCUT2D eigenvalue weighted by Gasteiger charge is -2.38. The van der Waals surface area contributed by atoms with Crippen LogP contribution in [0.4, 0.5) is 17.1 Å². The smallest absolute Gasteiger partial charge is 0.262 e. The number of nitrogens with zero attached hydrogens (tertiary/aromatic N) is 3. The van der Waals surface area contributed by atoms with Crippen LogP contribution in [0.2, 0.25) is 0 Å². The molecule has 2 heterocycles. The molecule has 1 aliphatic heterocycles. The highest BCUT2D eigenvalue weighted by atomic mass is 16.5. The Morgan fingerprint density at radius 1 is 0.854 bits per heavy atom. The van der Waals surface area contributed by atoms with Crippen LogP contribution in [0.3, 0.4) is 0 Å². The predicted octanol–water partition coefficient (Wildman–Crippen LogP) is 4.36. The topological polar surface area (TPSA) is 96.0 Å². The second-order valence-corrected chi connectivity index (χ2v) is 9.57. The van der Waals surface area contributed by atoms with E-state index in [1.165, 1.54) is 0 Å². The number of hydrogen-bond donors (Lipinski definition) is 2. The van der Waals surface area contributed by atoms with Crippen molar-refractivity contribution in [2.45, 2.75) is 6.54 Å². The maximum atomic E-state index is 13.5. The van der Waals surface area contributed by atoms with Gasteiger partial charge in [0.2, 0.25) is 0 Å². The van der Waals surface area contributed by atoms with E-state index in [2.05, 4.69) is 31.5 Å². The number of methoxy groups -OCH3 is 1. The van der Waals surface area contributed by atoms with E-state index in [1.54, 1.807) is 37.7 Å². The van der Waals surface area contributed by atoms with Gasteiger partial charge in [-0.25, -0.2) is 0 Å². The van der Waals surface area contributed by atoms with Crippen molar-refractivity contribution in [3.8, 4) is 11.5 Å². The summed E-state index contributed by atoms with van der Waals surface area (Å²) in [5.74, 6) is 0.912. The number of anilines is 3. The average molecular weight is 552 g/mol. The molecule has 9 nitrogen and oxygen atoms in total. The van der Waals surface area contributed by atoms with E-state index in [9.17, 15) is 9.59 Å². The Morgan fingerprint density at radius 3 is 2.32 bits per heavy atom. The van der Waals surface area contributed by atoms with E-state index in [-0.39, 0.29) is 18.4 Å². The van der Waals surface area contributed by atoms with Crippen molar-refractivity contribution >= 4 is 28.9 Å². The number of aromatic nitrogens is 1. The first kappa shape index (κ1) is 27.5. The van der Waals surface area contributed by atoms with Crippen molar-refractivity contribution in [3.63, 3.8) is 0 Å². The highest BCUT2D eigenvalue weighted by molar-refractivity contribution is 6.02. The number of carbonyl (C=O) groups excluding carboxylic acids is 2. The molecule has 0 radical (unpaired) electrons. The van der Waals surface area contributed by atoms with Gasteiger partial charge < -0.3 is 29.9 Å². The highest BCUT2D eigenvalue weighted by Crippen LogP contribution is 2.31. The van der Waals surface area contributed by atoms with Crippen molar-refractivity contribution in [3.05, 3.63) is 108 Å². The van der Waals surface area contributed by atoms with Crippen LogP contribution in [0.15, 0.2) is 97.3 Å². The van der Waals surface area contributed by atoms with Gasteiger partial charge in [-0.3, -0.25) is 14.6 Å². The maximum absolute atomic E-state index is 13.5. The number of ether oxygens (including phenoxy) is 2. The molecular weight excluding hydrogens is 518 g/mol. The Balaban J connectivity index is 1.31. The number of para-hydroxylation sites is 3. The number of nitrogens with one attached hydrogen (secondary N) is 2. The van der Waals surface area contributed by atoms with Crippen LogP contribution in [0, 0.1) is 0 Å². The summed E-state index contributed by atoms with van der Waals surface area (Å²) in [6.45, 7) is 3.18. The van der Waals surface area contributed by atoms with Crippen LogP contribution in [-0.4, -0.2) is 56.7 Å². The molecule has 2 N–H and O–H groups in total. The minimum absolute atomic E-state index is 0.140. The Bertz CT molecular complexity index is 1460. The lowest BCUT2D eigenvalue weighted by atomic mass is 10.1. The van der Waals surface area contributed by atoms with E-state index in [0.29, 0.717) is 23.5 Å². The zero-order valence-corrected chi connectivity index (χ0v) is 23.0. The summed E-state index contributed by atoms with van der Waals surface area (Å²) in [5, 5.41) is 5.86. The minimum Gasteiger partial charge on any atom is -0.495 e. The minimum atomic E-state index is -0.311. The molecule has 1 aromatic heterocycles. The van der Waals surface area contributed by atoms with Gasteiger partial charge in [-0.2, -0.15) is 0 Å². The van der Waals surface area contributed by atoms with Crippen LogP contribution < -0.4 is 29.9 Å². The van der Waals surface area contributed by atoms with E-state index < -0.39 is 0 Å². The third-order valence-corrected chi connectivity index (χ3v) is 6.86. The van der Waals surface area contributed by atoms with Crippen LogP contribution in [-0.2, 0) is 11.3 Å². The molecular formula is C32H33N5O4. The van der Waals surface area contributed by atoms with Crippen LogP contribution in [0.1, 0.15) is 15.9 Å². The molecule has 3 aromatic carbocycles. The van der Waals surface area contributed by atoms with E-state index in [4.69, 9.17) is 9.47 Å². The third-order valence-electron chi connectivity index (χ3n) is 6.86. The van der Waals surface area contributed by atoms with Gasteiger partial charge in [0, 0.05) is 56.5 Å². The number of piperazine rings is 1. The summed E-state index contributed by atoms with van der Waals surface area (Å²) in [4.78, 5) is 34.7. The number of hydrogen-bond acceptors (Lipinski definition) is 7. The van der Waals surface area contributed by atoms with Crippen molar-refractivity contribution in [2.24, 2.45) is 0 Å². The zero-order valence-electron chi connectivity index (χ0n) is 23.0. The molecule has 41 heavy (non-hydrogen) atoms. The number of pyridine rings is 1. The first-order chi connectivity index (χ1) is 20.1. The fourth-order valence-corrected chi connectivity index (χ4v) is 4.79. The normalized spacial score (nSPS) is 12.9. The molecule has 1 fully saturated rings. The first-order valence-corrected chi connectivity index (χ1v) is 13.5. The van der Waals surface area contributed by atoms with Gasteiger partial charge in [-0.15, -0.1) is 0 Å². The molecule has 0 bridgehead atoms. The predicted molar refractivity (Wildman–Crippen MR) is 160 cm³/mol. The first-order valence-electron chi connectivity index (χ1n) is 13.5. The molecule has 0 saturated carbocycles. The summed E-state index contributed by atoms with van der Waals surface area (Å²) in [5.41, 5.74) is 3.78. The fourth-order valence-electron chi connectivity index (χ4n) is 4.79. The Hall–Kier alpha value is -5.05. The van der Waals surface area contributed by atoms with Crippen molar-refractivity contribution in [2.75, 3.05) is 55.0 Å². The monoisotopic (exact) mass is 551 g/mol. The van der Waals surface area contributed by atoms with Gasteiger partial charge in [-0.1, -0.05) is 36.4 Å². The van der Waals surface area contributed by atoms with E-state index in [0.717, 1.165) is 48.9 Å². The third kappa shape index (κ3) is 7.13. The lowest BCUT2D eigenvalue weighted by Crippen LogP contribution is -2.47. The van der Waals surface area contributed by atoms with Crippen LogP contribution in [0.5, 0.6) is 11.5 Å². The average Bonchev–Trinajstić information content (AvgIpc) is 3.03. The number of rotatable bonds is 10. The molecule has 1 aliphatic rings. The SMILES string of the molecule is COc1ccccc1N1CCN(c2ccc(NC(=O)COc3ccccc3)cc2C(=O)NCc2cccnc2)CC1. The molecule has 1 saturated heterocycles. The van der Waals surface area contributed by atoms with Crippen LogP contribution in [0.25, 0.3) is 0 Å². The number of amides is 2. The van der Waals surface area contributed by atoms with Crippen molar-refractivity contribution < 1.29 is 19.1 Å². The largest absolute Gasteiger partial charge is 0.495 e. The summed E-state index contributed by atoms with van der Waals surface area (Å²) >= 11 is 0. The maximum Gasteiger partial charge on any atom is 0.262 e. The second kappa shape index (κ2) is 13.3. The van der Waals surface area contributed by atoms with Gasteiger partial charge in [0.1, 0.15) is 11.5 Å². The molecule has 0 atom stereocenters. The number of carbonyl (C=O) groups is 2. The van der Waals surface area contributed by atoms with Crippen molar-refractivity contribution in [1.82, 2.24) is 10.3 Å². The summed E-state index contributed by atoms with van der Waals surface area (Å²) in [6, 6.07) is 26.3. The molecule has 9 heteroatoms. The van der Waals surface area contributed by atoms with Crippen LogP contribution >= 0.6 is 0 Å². The Morgan fingerprint density at radius 2 is 1.59 bits per heavy atom. The molecule has 4 aromatic rings. The van der Waals surface area contributed by atoms with Gasteiger partial charge in [-0.05, 0) is 54.1 Å². The lowest BCUT2D eigenvalue weighted by molar-refractivity contribution is -0.118. The molecule has 210 valence electrons. The molecule has 0 spiro atoms. The molecule has 2 amide bonds. The molecule has 0 unspecified atom stereocenters. The van der Waals surface area contributed by atoms with Crippen molar-refractivity contribution in [1.29, 1.82) is 0 Å². The van der Waals surface area contributed by atoms with Gasteiger partial charge in [0.25, 0.3) is 11.8 Å². The summed E-state index contributed by atoms with van der Waals surface area (Å²) in [7, 11) is 1.68. The number of benzene rings is 3. The standard InChI is InChI=1S/C32H33N5O4/c1-40-30-12-6-5-11-29(30)37-18-16-36(17-19-37)28-14-13-25(35-31(38)23-41-26-9-3-2-4-10-26)20-27(28)32(39)34-22-24-8-7-15-33-21-24/h2-15,20-21H,16-19,22-23H2,1H3,(H,34,39)(H,35,38). The second-order valence-electron chi connectivity index (χ2n) is 9.57. The Kier molecular flexibility index (Phi) is 8.95. The van der Waals surface area contributed by atoms with Gasteiger partial charge >= 0.3 is 0 Å². The quantitative estimate of drug-likeness (QED) is 0.302. The van der Waals surface area contributed by atoms with Gasteiger partial charge in [0.05, 0.1) is 18.4 Å².